The van der Waals surface area contributed by atoms with Gasteiger partial charge in [0, 0.05) is 30.5 Å². The van der Waals surface area contributed by atoms with Crippen molar-refractivity contribution in [1.82, 2.24) is 4.98 Å². The van der Waals surface area contributed by atoms with E-state index in [1.54, 1.807) is 4.90 Å². The molecule has 1 aromatic heterocycles. The number of benzene rings is 2. The molecular weight excluding hydrogens is 498 g/mol. The minimum atomic E-state index is -4.84. The quantitative estimate of drug-likeness (QED) is 0.368. The van der Waals surface area contributed by atoms with Crippen molar-refractivity contribution in [3.05, 3.63) is 71.7 Å². The van der Waals surface area contributed by atoms with Crippen LogP contribution in [-0.2, 0) is 4.74 Å². The standard InChI is InChI=1S/C25H21F4N3O5/c1-36-24(35)15-8-14(9-17(26)10-15)21-11-16(12-30-22(21)32-7-6-19(33)13-32)23(34)31-18-2-4-20(5-3-18)37-25(27,28)29/h2-5,8-12,19,33H,6-7,13H2,1H3,(H,31,34)/t19-/m1/s1. The Labute approximate surface area is 208 Å². The Morgan fingerprint density at radius 2 is 1.84 bits per heavy atom. The lowest BCUT2D eigenvalue weighted by Crippen LogP contribution is -2.23. The molecule has 194 valence electrons. The summed E-state index contributed by atoms with van der Waals surface area (Å²) in [4.78, 5) is 31.1. The van der Waals surface area contributed by atoms with Crippen molar-refractivity contribution in [3.8, 4) is 16.9 Å². The number of β-amino-alcohol motifs (C(OH)–C–C–N with tert-alkyl or cyclic N) is 1. The molecule has 2 N–H and O–H groups in total. The van der Waals surface area contributed by atoms with Gasteiger partial charge in [-0.1, -0.05) is 0 Å². The van der Waals surface area contributed by atoms with E-state index in [2.05, 4.69) is 19.8 Å². The van der Waals surface area contributed by atoms with Gasteiger partial charge in [-0.05, 0) is 60.5 Å². The molecule has 0 unspecified atom stereocenters. The third kappa shape index (κ3) is 6.33. The summed E-state index contributed by atoms with van der Waals surface area (Å²) in [5, 5.41) is 12.5. The van der Waals surface area contributed by atoms with Gasteiger partial charge in [-0.3, -0.25) is 4.79 Å². The van der Waals surface area contributed by atoms with Crippen molar-refractivity contribution in [2.75, 3.05) is 30.4 Å². The van der Waals surface area contributed by atoms with Crippen LogP contribution in [-0.4, -0.2) is 54.6 Å². The number of ether oxygens (including phenoxy) is 2. The summed E-state index contributed by atoms with van der Waals surface area (Å²) >= 11 is 0. The second-order valence-electron chi connectivity index (χ2n) is 8.23. The van der Waals surface area contributed by atoms with Crippen molar-refractivity contribution in [2.45, 2.75) is 18.9 Å². The Kier molecular flexibility index (Phi) is 7.30. The third-order valence-corrected chi connectivity index (χ3v) is 5.57. The number of aliphatic hydroxyl groups is 1. The fourth-order valence-corrected chi connectivity index (χ4v) is 3.90. The van der Waals surface area contributed by atoms with Crippen molar-refractivity contribution in [1.29, 1.82) is 0 Å². The average Bonchev–Trinajstić information content (AvgIpc) is 3.29. The zero-order valence-electron chi connectivity index (χ0n) is 19.4. The summed E-state index contributed by atoms with van der Waals surface area (Å²) in [6, 6.07) is 9.64. The van der Waals surface area contributed by atoms with Crippen LogP contribution in [0.5, 0.6) is 5.75 Å². The molecule has 37 heavy (non-hydrogen) atoms. The molecule has 1 aliphatic rings. The molecule has 1 saturated heterocycles. The number of carbonyl (C=O) groups is 2. The number of halogens is 4. The zero-order valence-corrected chi connectivity index (χ0v) is 19.4. The molecule has 8 nitrogen and oxygen atoms in total. The number of aromatic nitrogens is 1. The molecule has 12 heteroatoms. The lowest BCUT2D eigenvalue weighted by molar-refractivity contribution is -0.274. The van der Waals surface area contributed by atoms with Crippen LogP contribution in [0.2, 0.25) is 0 Å². The molecule has 2 heterocycles. The lowest BCUT2D eigenvalue weighted by Gasteiger charge is -2.21. The number of carbonyl (C=O) groups excluding carboxylic acids is 2. The molecule has 0 saturated carbocycles. The summed E-state index contributed by atoms with van der Waals surface area (Å²) in [7, 11) is 1.16. The number of nitrogens with zero attached hydrogens (tertiary/aromatic N) is 2. The van der Waals surface area contributed by atoms with Crippen molar-refractivity contribution >= 4 is 23.4 Å². The van der Waals surface area contributed by atoms with Gasteiger partial charge in [0.2, 0.25) is 0 Å². The van der Waals surface area contributed by atoms with Crippen LogP contribution in [0.25, 0.3) is 11.1 Å². The number of methoxy groups -OCH3 is 1. The van der Waals surface area contributed by atoms with Gasteiger partial charge in [-0.25, -0.2) is 14.2 Å². The van der Waals surface area contributed by atoms with E-state index in [9.17, 15) is 32.3 Å². The molecule has 4 rings (SSSR count). The third-order valence-electron chi connectivity index (χ3n) is 5.57. The monoisotopic (exact) mass is 519 g/mol. The number of hydrogen-bond donors (Lipinski definition) is 2. The van der Waals surface area contributed by atoms with Gasteiger partial charge >= 0.3 is 12.3 Å². The van der Waals surface area contributed by atoms with Crippen molar-refractivity contribution in [2.24, 2.45) is 0 Å². The van der Waals surface area contributed by atoms with Crippen molar-refractivity contribution in [3.63, 3.8) is 0 Å². The number of rotatable bonds is 6. The maximum absolute atomic E-state index is 14.4. The van der Waals surface area contributed by atoms with E-state index in [0.29, 0.717) is 24.3 Å². The number of hydrogen-bond acceptors (Lipinski definition) is 7. The van der Waals surface area contributed by atoms with Gasteiger partial charge in [-0.15, -0.1) is 13.2 Å². The molecular formula is C25H21F4N3O5. The Morgan fingerprint density at radius 1 is 1.11 bits per heavy atom. The Hall–Kier alpha value is -4.19. The number of aliphatic hydroxyl groups excluding tert-OH is 1. The molecule has 0 spiro atoms. The molecule has 1 fully saturated rings. The average molecular weight is 519 g/mol. The smallest absolute Gasteiger partial charge is 0.465 e. The first-order valence-corrected chi connectivity index (χ1v) is 11.0. The highest BCUT2D eigenvalue weighted by Gasteiger charge is 2.31. The first kappa shape index (κ1) is 25.9. The highest BCUT2D eigenvalue weighted by molar-refractivity contribution is 6.05. The molecule has 1 amide bonds. The predicted molar refractivity (Wildman–Crippen MR) is 125 cm³/mol. The van der Waals surface area contributed by atoms with Crippen LogP contribution in [0.3, 0.4) is 0 Å². The first-order valence-electron chi connectivity index (χ1n) is 11.0. The first-order chi connectivity index (χ1) is 17.5. The van der Waals surface area contributed by atoms with E-state index in [-0.39, 0.29) is 28.9 Å². The fraction of sp³-hybridized carbons (Fsp3) is 0.240. The Balaban J connectivity index is 1.67. The lowest BCUT2D eigenvalue weighted by atomic mass is 10.0. The van der Waals surface area contributed by atoms with Crippen LogP contribution >= 0.6 is 0 Å². The summed E-state index contributed by atoms with van der Waals surface area (Å²) in [5.74, 6) is -2.15. The van der Waals surface area contributed by atoms with E-state index in [1.165, 1.54) is 36.5 Å². The number of anilines is 2. The van der Waals surface area contributed by atoms with Crippen LogP contribution in [0.1, 0.15) is 27.1 Å². The summed E-state index contributed by atoms with van der Waals surface area (Å²) < 4.78 is 60.0. The van der Waals surface area contributed by atoms with Crippen molar-refractivity contribution < 1.29 is 41.7 Å². The van der Waals surface area contributed by atoms with Gasteiger partial charge in [-0.2, -0.15) is 0 Å². The van der Waals surface area contributed by atoms with E-state index in [0.717, 1.165) is 25.3 Å². The molecule has 0 bridgehead atoms. The number of alkyl halides is 3. The largest absolute Gasteiger partial charge is 0.573 e. The molecule has 1 atom stereocenters. The summed E-state index contributed by atoms with van der Waals surface area (Å²) in [6.07, 6.45) is -3.64. The van der Waals surface area contributed by atoms with Crippen LogP contribution in [0.4, 0.5) is 29.1 Å². The minimum Gasteiger partial charge on any atom is -0.465 e. The summed E-state index contributed by atoms with van der Waals surface area (Å²) in [5.41, 5.74) is 0.818. The molecule has 3 aromatic rings. The highest BCUT2D eigenvalue weighted by Crippen LogP contribution is 2.33. The maximum Gasteiger partial charge on any atom is 0.573 e. The van der Waals surface area contributed by atoms with Gasteiger partial charge < -0.3 is 24.8 Å². The van der Waals surface area contributed by atoms with Crippen LogP contribution < -0.4 is 15.0 Å². The van der Waals surface area contributed by atoms with E-state index >= 15 is 0 Å². The van der Waals surface area contributed by atoms with E-state index in [1.807, 2.05) is 0 Å². The number of amides is 1. The second kappa shape index (κ2) is 10.4. The predicted octanol–water partition coefficient (Wildman–Crippen LogP) is 4.40. The Morgan fingerprint density at radius 3 is 2.46 bits per heavy atom. The zero-order chi connectivity index (χ0) is 26.7. The maximum atomic E-state index is 14.4. The highest BCUT2D eigenvalue weighted by atomic mass is 19.4. The van der Waals surface area contributed by atoms with E-state index < -0.39 is 35.9 Å². The fourth-order valence-electron chi connectivity index (χ4n) is 3.90. The normalized spacial score (nSPS) is 15.4. The summed E-state index contributed by atoms with van der Waals surface area (Å²) in [6.45, 7) is 0.745. The Bertz CT molecular complexity index is 1310. The molecule has 1 aliphatic heterocycles. The molecule has 0 aliphatic carbocycles. The number of pyridine rings is 1. The topological polar surface area (TPSA) is 101 Å². The second-order valence-corrected chi connectivity index (χ2v) is 8.23. The van der Waals surface area contributed by atoms with Crippen LogP contribution in [0.15, 0.2) is 54.7 Å². The SMILES string of the molecule is COC(=O)c1cc(F)cc(-c2cc(C(=O)Nc3ccc(OC(F)(F)F)cc3)cnc2N2CC[C@@H](O)C2)c1. The number of esters is 1. The van der Waals surface area contributed by atoms with Gasteiger partial charge in [0.25, 0.3) is 5.91 Å². The molecule has 2 aromatic carbocycles. The van der Waals surface area contributed by atoms with Gasteiger partial charge in [0.1, 0.15) is 17.4 Å². The number of nitrogens with one attached hydrogen (secondary N) is 1. The van der Waals surface area contributed by atoms with E-state index in [4.69, 9.17) is 0 Å². The van der Waals surface area contributed by atoms with Gasteiger partial charge in [0.05, 0.1) is 24.3 Å². The molecule has 0 radical (unpaired) electrons. The van der Waals surface area contributed by atoms with Crippen LogP contribution in [0, 0.1) is 5.82 Å². The van der Waals surface area contributed by atoms with Gasteiger partial charge in [0.15, 0.2) is 0 Å². The minimum absolute atomic E-state index is 0.0408.